The van der Waals surface area contributed by atoms with Gasteiger partial charge in [0.1, 0.15) is 6.54 Å². The third-order valence-electron chi connectivity index (χ3n) is 5.16. The molecule has 2 aromatic heterocycles. The van der Waals surface area contributed by atoms with Crippen molar-refractivity contribution >= 4 is 27.5 Å². The first-order valence-corrected chi connectivity index (χ1v) is 10.0. The predicted molar refractivity (Wildman–Crippen MR) is 106 cm³/mol. The number of carbonyl (C=O) groups excluding carboxylic acids is 1. The SMILES string of the molecule is CC1CCc2c(sc3nnn(CC(=O)N(C)Cc4ccccc4)c(=O)c23)C1. The lowest BCUT2D eigenvalue weighted by atomic mass is 9.89. The highest BCUT2D eigenvalue weighted by Gasteiger charge is 2.24. The Balaban J connectivity index is 1.58. The molecule has 0 radical (unpaired) electrons. The first-order chi connectivity index (χ1) is 13.0. The van der Waals surface area contributed by atoms with Crippen LogP contribution in [0.1, 0.15) is 29.3 Å². The zero-order valence-corrected chi connectivity index (χ0v) is 16.3. The Morgan fingerprint density at radius 2 is 2.11 bits per heavy atom. The zero-order chi connectivity index (χ0) is 19.0. The number of fused-ring (bicyclic) bond motifs is 3. The normalized spacial score (nSPS) is 16.3. The average molecular weight is 382 g/mol. The van der Waals surface area contributed by atoms with Gasteiger partial charge in [0.15, 0.2) is 4.83 Å². The molecule has 0 N–H and O–H groups in total. The van der Waals surface area contributed by atoms with Gasteiger partial charge in [0.05, 0.1) is 5.39 Å². The molecule has 0 bridgehead atoms. The van der Waals surface area contributed by atoms with Gasteiger partial charge in [-0.25, -0.2) is 4.68 Å². The Labute approximate surface area is 161 Å². The first kappa shape index (κ1) is 17.9. The maximum absolute atomic E-state index is 13.0. The number of hydrogen-bond acceptors (Lipinski definition) is 5. The summed E-state index contributed by atoms with van der Waals surface area (Å²) in [7, 11) is 1.74. The number of carbonyl (C=O) groups is 1. The molecule has 0 spiro atoms. The molecule has 1 aromatic carbocycles. The lowest BCUT2D eigenvalue weighted by Crippen LogP contribution is -2.35. The molecule has 2 heterocycles. The van der Waals surface area contributed by atoms with Crippen LogP contribution in [0.5, 0.6) is 0 Å². The largest absolute Gasteiger partial charge is 0.340 e. The van der Waals surface area contributed by atoms with Crippen LogP contribution in [0.3, 0.4) is 0 Å². The Bertz CT molecular complexity index is 1040. The van der Waals surface area contributed by atoms with Gasteiger partial charge in [0, 0.05) is 18.5 Å². The van der Waals surface area contributed by atoms with E-state index in [9.17, 15) is 9.59 Å². The van der Waals surface area contributed by atoms with Crippen molar-refractivity contribution in [1.82, 2.24) is 19.9 Å². The maximum atomic E-state index is 13.0. The monoisotopic (exact) mass is 382 g/mol. The summed E-state index contributed by atoms with van der Waals surface area (Å²) in [5.41, 5.74) is 1.96. The van der Waals surface area contributed by atoms with E-state index in [0.717, 1.165) is 30.4 Å². The van der Waals surface area contributed by atoms with Crippen molar-refractivity contribution in [2.45, 2.75) is 39.3 Å². The molecule has 0 fully saturated rings. The molecule has 0 saturated heterocycles. The van der Waals surface area contributed by atoms with Gasteiger partial charge in [-0.1, -0.05) is 42.5 Å². The molecule has 1 aliphatic rings. The quantitative estimate of drug-likeness (QED) is 0.696. The number of hydrogen-bond donors (Lipinski definition) is 0. The summed E-state index contributed by atoms with van der Waals surface area (Å²) >= 11 is 1.57. The fraction of sp³-hybridized carbons (Fsp3) is 0.400. The maximum Gasteiger partial charge on any atom is 0.279 e. The van der Waals surface area contributed by atoms with E-state index in [0.29, 0.717) is 22.7 Å². The highest BCUT2D eigenvalue weighted by Crippen LogP contribution is 2.35. The standard InChI is InChI=1S/C20H22N4O2S/c1-13-8-9-15-16(10-13)27-19-18(15)20(26)24(22-21-19)12-17(25)23(2)11-14-6-4-3-5-7-14/h3-7,13H,8-12H2,1-2H3. The van der Waals surface area contributed by atoms with Crippen molar-refractivity contribution in [3.8, 4) is 0 Å². The van der Waals surface area contributed by atoms with Gasteiger partial charge in [-0.05, 0) is 36.3 Å². The number of nitrogens with zero attached hydrogens (tertiary/aromatic N) is 4. The Hall–Kier alpha value is -2.54. The first-order valence-electron chi connectivity index (χ1n) is 9.19. The molecule has 27 heavy (non-hydrogen) atoms. The second kappa shape index (κ2) is 7.23. The van der Waals surface area contributed by atoms with Crippen molar-refractivity contribution in [3.63, 3.8) is 0 Å². The van der Waals surface area contributed by atoms with Crippen molar-refractivity contribution < 1.29 is 4.79 Å². The van der Waals surface area contributed by atoms with Crippen LogP contribution in [0.4, 0.5) is 0 Å². The summed E-state index contributed by atoms with van der Waals surface area (Å²) in [6.07, 6.45) is 2.98. The van der Waals surface area contributed by atoms with Gasteiger partial charge in [-0.2, -0.15) is 0 Å². The van der Waals surface area contributed by atoms with Crippen LogP contribution in [0.25, 0.3) is 10.2 Å². The predicted octanol–water partition coefficient (Wildman–Crippen LogP) is 2.64. The van der Waals surface area contributed by atoms with Crippen LogP contribution in [0.2, 0.25) is 0 Å². The summed E-state index contributed by atoms with van der Waals surface area (Å²) in [5, 5.41) is 8.91. The van der Waals surface area contributed by atoms with Crippen LogP contribution in [-0.2, 0) is 30.7 Å². The molecule has 7 heteroatoms. The minimum Gasteiger partial charge on any atom is -0.340 e. The van der Waals surface area contributed by atoms with Crippen LogP contribution in [-0.4, -0.2) is 32.8 Å². The molecule has 1 atom stereocenters. The van der Waals surface area contributed by atoms with E-state index >= 15 is 0 Å². The fourth-order valence-corrected chi connectivity index (χ4v) is 4.91. The number of thiophene rings is 1. The molecular weight excluding hydrogens is 360 g/mol. The van der Waals surface area contributed by atoms with Gasteiger partial charge < -0.3 is 4.90 Å². The molecule has 3 aromatic rings. The second-order valence-corrected chi connectivity index (χ2v) is 8.40. The van der Waals surface area contributed by atoms with Gasteiger partial charge >= 0.3 is 0 Å². The van der Waals surface area contributed by atoms with E-state index < -0.39 is 0 Å². The Morgan fingerprint density at radius 3 is 2.89 bits per heavy atom. The lowest BCUT2D eigenvalue weighted by molar-refractivity contribution is -0.131. The molecule has 1 aliphatic carbocycles. The second-order valence-electron chi connectivity index (χ2n) is 7.32. The summed E-state index contributed by atoms with van der Waals surface area (Å²) in [6, 6.07) is 9.77. The topological polar surface area (TPSA) is 68.1 Å². The Kier molecular flexibility index (Phi) is 4.78. The number of benzene rings is 1. The smallest absolute Gasteiger partial charge is 0.279 e. The number of aromatic nitrogens is 3. The molecule has 6 nitrogen and oxygen atoms in total. The summed E-state index contributed by atoms with van der Waals surface area (Å²) in [5.74, 6) is 0.473. The molecule has 0 saturated carbocycles. The van der Waals surface area contributed by atoms with Crippen molar-refractivity contribution in [3.05, 3.63) is 56.7 Å². The van der Waals surface area contributed by atoms with E-state index in [-0.39, 0.29) is 18.0 Å². The molecular formula is C20H22N4O2S. The van der Waals surface area contributed by atoms with E-state index in [1.165, 1.54) is 9.56 Å². The summed E-state index contributed by atoms with van der Waals surface area (Å²) in [6.45, 7) is 2.64. The third kappa shape index (κ3) is 3.51. The highest BCUT2D eigenvalue weighted by molar-refractivity contribution is 7.18. The van der Waals surface area contributed by atoms with Crippen LogP contribution in [0, 0.1) is 5.92 Å². The van der Waals surface area contributed by atoms with Crippen LogP contribution < -0.4 is 5.56 Å². The highest BCUT2D eigenvalue weighted by atomic mass is 32.1. The average Bonchev–Trinajstić information content (AvgIpc) is 3.02. The number of aryl methyl sites for hydroxylation is 1. The van der Waals surface area contributed by atoms with Gasteiger partial charge in [0.25, 0.3) is 5.56 Å². The molecule has 1 amide bonds. The fourth-order valence-electron chi connectivity index (χ4n) is 3.59. The minimum absolute atomic E-state index is 0.0911. The molecule has 1 unspecified atom stereocenters. The molecule has 0 aliphatic heterocycles. The molecule has 140 valence electrons. The van der Waals surface area contributed by atoms with E-state index in [4.69, 9.17) is 0 Å². The van der Waals surface area contributed by atoms with Crippen molar-refractivity contribution in [2.75, 3.05) is 7.05 Å². The van der Waals surface area contributed by atoms with Gasteiger partial charge in [-0.15, -0.1) is 16.4 Å². The van der Waals surface area contributed by atoms with E-state index in [1.807, 2.05) is 30.3 Å². The van der Waals surface area contributed by atoms with E-state index in [1.54, 1.807) is 23.3 Å². The molecule has 4 rings (SSSR count). The summed E-state index contributed by atoms with van der Waals surface area (Å²) < 4.78 is 1.21. The van der Waals surface area contributed by atoms with Crippen molar-refractivity contribution in [1.29, 1.82) is 0 Å². The third-order valence-corrected chi connectivity index (χ3v) is 6.30. The van der Waals surface area contributed by atoms with Gasteiger partial charge in [0.2, 0.25) is 5.91 Å². The van der Waals surface area contributed by atoms with E-state index in [2.05, 4.69) is 17.2 Å². The minimum atomic E-state index is -0.200. The zero-order valence-electron chi connectivity index (χ0n) is 15.5. The summed E-state index contributed by atoms with van der Waals surface area (Å²) in [4.78, 5) is 29.1. The number of rotatable bonds is 4. The van der Waals surface area contributed by atoms with Crippen molar-refractivity contribution in [2.24, 2.45) is 5.92 Å². The van der Waals surface area contributed by atoms with Crippen LogP contribution in [0.15, 0.2) is 35.1 Å². The lowest BCUT2D eigenvalue weighted by Gasteiger charge is -2.18. The number of amides is 1. The Morgan fingerprint density at radius 1 is 1.33 bits per heavy atom. The van der Waals surface area contributed by atoms with Gasteiger partial charge in [-0.3, -0.25) is 9.59 Å². The van der Waals surface area contributed by atoms with Crippen LogP contribution >= 0.6 is 11.3 Å². The number of likely N-dealkylation sites (N-methyl/N-ethyl adjacent to an activating group) is 1.